The summed E-state index contributed by atoms with van der Waals surface area (Å²) in [4.78, 5) is 19.4. The van der Waals surface area contributed by atoms with E-state index in [1.165, 1.54) is 19.1 Å². The van der Waals surface area contributed by atoms with Crippen LogP contribution in [0.25, 0.3) is 0 Å². The Morgan fingerprint density at radius 3 is 2.71 bits per heavy atom. The van der Waals surface area contributed by atoms with E-state index >= 15 is 0 Å². The molecule has 0 atom stereocenters. The molecule has 0 fully saturated rings. The van der Waals surface area contributed by atoms with Crippen LogP contribution >= 0.6 is 0 Å². The molecule has 0 saturated carbocycles. The highest BCUT2D eigenvalue weighted by molar-refractivity contribution is 7.89. The van der Waals surface area contributed by atoms with Crippen molar-refractivity contribution in [3.8, 4) is 0 Å². The molecule has 0 aliphatic carbocycles. The number of benzene rings is 1. The minimum absolute atomic E-state index is 0.0565. The van der Waals surface area contributed by atoms with Crippen molar-refractivity contribution < 1.29 is 13.2 Å². The van der Waals surface area contributed by atoms with E-state index in [2.05, 4.69) is 14.7 Å². The van der Waals surface area contributed by atoms with E-state index in [1.54, 1.807) is 31.3 Å². The summed E-state index contributed by atoms with van der Waals surface area (Å²) in [6.07, 6.45) is 1.57. The molecule has 2 rings (SSSR count). The van der Waals surface area contributed by atoms with Crippen molar-refractivity contribution in [3.05, 3.63) is 53.6 Å². The zero-order chi connectivity index (χ0) is 15.5. The molecular formula is C14H15N3O3S. The average molecular weight is 305 g/mol. The summed E-state index contributed by atoms with van der Waals surface area (Å²) in [5.41, 5.74) is 0.935. The van der Waals surface area contributed by atoms with Gasteiger partial charge in [0.05, 0.1) is 17.1 Å². The number of hydrogen-bond donors (Lipinski definition) is 1. The fraction of sp³-hybridized carbons (Fsp3) is 0.214. The van der Waals surface area contributed by atoms with E-state index in [1.807, 2.05) is 0 Å². The van der Waals surface area contributed by atoms with Crippen LogP contribution < -0.4 is 4.72 Å². The highest BCUT2D eigenvalue weighted by Crippen LogP contribution is 2.12. The number of rotatable bonds is 5. The molecular weight excluding hydrogens is 290 g/mol. The van der Waals surface area contributed by atoms with Gasteiger partial charge in [-0.15, -0.1) is 0 Å². The van der Waals surface area contributed by atoms with Gasteiger partial charge in [-0.05, 0) is 32.0 Å². The van der Waals surface area contributed by atoms with Gasteiger partial charge in [0.25, 0.3) is 0 Å². The number of sulfonamides is 1. The van der Waals surface area contributed by atoms with Crippen LogP contribution in [-0.2, 0) is 16.6 Å². The molecule has 1 heterocycles. The predicted octanol–water partition coefficient (Wildman–Crippen LogP) is 1.47. The van der Waals surface area contributed by atoms with Gasteiger partial charge in [0.1, 0.15) is 5.82 Å². The molecule has 1 N–H and O–H groups in total. The van der Waals surface area contributed by atoms with Gasteiger partial charge < -0.3 is 0 Å². The molecule has 1 aromatic heterocycles. The lowest BCUT2D eigenvalue weighted by Crippen LogP contribution is -2.24. The Bertz CT molecular complexity index is 773. The van der Waals surface area contributed by atoms with Crippen LogP contribution in [0.1, 0.15) is 28.8 Å². The minimum atomic E-state index is -3.69. The van der Waals surface area contributed by atoms with Crippen LogP contribution in [-0.4, -0.2) is 24.2 Å². The largest absolute Gasteiger partial charge is 0.295 e. The van der Waals surface area contributed by atoms with Crippen LogP contribution in [0.15, 0.2) is 41.4 Å². The van der Waals surface area contributed by atoms with Gasteiger partial charge in [-0.1, -0.05) is 12.1 Å². The van der Waals surface area contributed by atoms with E-state index in [0.717, 1.165) is 0 Å². The van der Waals surface area contributed by atoms with E-state index in [9.17, 15) is 13.2 Å². The number of Topliss-reactive ketones (excluding diaryl/α,β-unsaturated/α-hetero) is 1. The third-order valence-electron chi connectivity index (χ3n) is 2.83. The van der Waals surface area contributed by atoms with Crippen molar-refractivity contribution >= 4 is 15.8 Å². The van der Waals surface area contributed by atoms with E-state index in [-0.39, 0.29) is 17.2 Å². The first-order chi connectivity index (χ1) is 9.88. The van der Waals surface area contributed by atoms with Gasteiger partial charge in [-0.2, -0.15) is 0 Å². The standard InChI is InChI=1S/C14H15N3O3S/c1-10(18)12-4-3-5-14(8-12)21(19,20)16-9-13-6-7-15-11(2)17-13/h3-8,16H,9H2,1-2H3. The smallest absolute Gasteiger partial charge is 0.240 e. The lowest BCUT2D eigenvalue weighted by molar-refractivity contribution is 0.101. The number of aryl methyl sites for hydroxylation is 1. The lowest BCUT2D eigenvalue weighted by Gasteiger charge is -2.07. The first-order valence-electron chi connectivity index (χ1n) is 6.28. The summed E-state index contributed by atoms with van der Waals surface area (Å²) < 4.78 is 26.9. The van der Waals surface area contributed by atoms with Crippen LogP contribution in [0.3, 0.4) is 0 Å². The maximum atomic E-state index is 12.2. The van der Waals surface area contributed by atoms with Gasteiger partial charge in [-0.3, -0.25) is 4.79 Å². The predicted molar refractivity (Wildman–Crippen MR) is 77.2 cm³/mol. The molecule has 7 heteroatoms. The molecule has 2 aromatic rings. The Hall–Kier alpha value is -2.12. The van der Waals surface area contributed by atoms with Gasteiger partial charge in [-0.25, -0.2) is 23.1 Å². The molecule has 6 nitrogen and oxygen atoms in total. The zero-order valence-corrected chi connectivity index (χ0v) is 12.5. The first kappa shape index (κ1) is 15.3. The van der Waals surface area contributed by atoms with Crippen molar-refractivity contribution in [1.82, 2.24) is 14.7 Å². The second-order valence-electron chi connectivity index (χ2n) is 4.50. The minimum Gasteiger partial charge on any atom is -0.295 e. The fourth-order valence-electron chi connectivity index (χ4n) is 1.74. The quantitative estimate of drug-likeness (QED) is 0.845. The highest BCUT2D eigenvalue weighted by atomic mass is 32.2. The summed E-state index contributed by atoms with van der Waals surface area (Å²) in [6, 6.07) is 7.56. The molecule has 0 radical (unpaired) electrons. The normalized spacial score (nSPS) is 11.3. The molecule has 0 saturated heterocycles. The van der Waals surface area contributed by atoms with Crippen LogP contribution in [0.4, 0.5) is 0 Å². The molecule has 0 aliphatic heterocycles. The Kier molecular flexibility index (Phi) is 4.44. The molecule has 110 valence electrons. The second kappa shape index (κ2) is 6.11. The number of carbonyl (C=O) groups excluding carboxylic acids is 1. The van der Waals surface area contributed by atoms with Crippen molar-refractivity contribution in [2.45, 2.75) is 25.3 Å². The summed E-state index contributed by atoms with van der Waals surface area (Å²) in [5.74, 6) is 0.392. The van der Waals surface area contributed by atoms with E-state index < -0.39 is 10.0 Å². The topological polar surface area (TPSA) is 89.0 Å². The number of nitrogens with one attached hydrogen (secondary N) is 1. The number of aromatic nitrogens is 2. The van der Waals surface area contributed by atoms with Crippen LogP contribution in [0.5, 0.6) is 0 Å². The molecule has 0 bridgehead atoms. The first-order valence-corrected chi connectivity index (χ1v) is 7.76. The van der Waals surface area contributed by atoms with Crippen LogP contribution in [0, 0.1) is 6.92 Å². The Morgan fingerprint density at radius 2 is 2.05 bits per heavy atom. The molecule has 0 aliphatic rings. The average Bonchev–Trinajstić information content (AvgIpc) is 2.45. The van der Waals surface area contributed by atoms with Gasteiger partial charge in [0, 0.05) is 11.8 Å². The second-order valence-corrected chi connectivity index (χ2v) is 6.27. The van der Waals surface area contributed by atoms with E-state index in [4.69, 9.17) is 0 Å². The SMILES string of the molecule is CC(=O)c1cccc(S(=O)(=O)NCc2ccnc(C)n2)c1. The molecule has 0 amide bonds. The maximum absolute atomic E-state index is 12.2. The summed E-state index contributed by atoms with van der Waals surface area (Å²) in [7, 11) is -3.69. The summed E-state index contributed by atoms with van der Waals surface area (Å²) >= 11 is 0. The Labute approximate surface area is 123 Å². The zero-order valence-electron chi connectivity index (χ0n) is 11.7. The third kappa shape index (κ3) is 3.93. The summed E-state index contributed by atoms with van der Waals surface area (Å²) in [6.45, 7) is 3.19. The lowest BCUT2D eigenvalue weighted by atomic mass is 10.2. The van der Waals surface area contributed by atoms with Gasteiger partial charge in [0.2, 0.25) is 10.0 Å². The van der Waals surface area contributed by atoms with Crippen LogP contribution in [0.2, 0.25) is 0 Å². The Morgan fingerprint density at radius 1 is 1.29 bits per heavy atom. The van der Waals surface area contributed by atoms with Crippen molar-refractivity contribution in [2.75, 3.05) is 0 Å². The molecule has 21 heavy (non-hydrogen) atoms. The van der Waals surface area contributed by atoms with E-state index in [0.29, 0.717) is 17.1 Å². The monoisotopic (exact) mass is 305 g/mol. The van der Waals surface area contributed by atoms with Crippen molar-refractivity contribution in [1.29, 1.82) is 0 Å². The van der Waals surface area contributed by atoms with Gasteiger partial charge >= 0.3 is 0 Å². The number of ketones is 1. The maximum Gasteiger partial charge on any atom is 0.240 e. The fourth-order valence-corrected chi connectivity index (χ4v) is 2.78. The summed E-state index contributed by atoms with van der Waals surface area (Å²) in [5, 5.41) is 0. The Balaban J connectivity index is 2.19. The molecule has 0 spiro atoms. The van der Waals surface area contributed by atoms with Crippen molar-refractivity contribution in [2.24, 2.45) is 0 Å². The number of hydrogen-bond acceptors (Lipinski definition) is 5. The van der Waals surface area contributed by atoms with Gasteiger partial charge in [0.15, 0.2) is 5.78 Å². The number of carbonyl (C=O) groups is 1. The number of nitrogens with zero attached hydrogens (tertiary/aromatic N) is 2. The highest BCUT2D eigenvalue weighted by Gasteiger charge is 2.15. The molecule has 1 aromatic carbocycles. The molecule has 0 unspecified atom stereocenters. The van der Waals surface area contributed by atoms with Crippen molar-refractivity contribution in [3.63, 3.8) is 0 Å². The third-order valence-corrected chi connectivity index (χ3v) is 4.23.